The molecule has 3 aliphatic heterocycles. The number of urea groups is 1. The fourth-order valence-corrected chi connectivity index (χ4v) is 6.30. The normalized spacial score (nSPS) is 19.6. The number of piperidine rings is 1. The fourth-order valence-electron chi connectivity index (χ4n) is 6.30. The summed E-state index contributed by atoms with van der Waals surface area (Å²) < 4.78 is 16.7. The minimum absolute atomic E-state index is 0.0205. The summed E-state index contributed by atoms with van der Waals surface area (Å²) in [6.45, 7) is 16.7. The van der Waals surface area contributed by atoms with Gasteiger partial charge < -0.3 is 24.0 Å². The standard InChI is InChI=1S/C32H43N3O5.C3H8/c1-8-22(2)17-23(3)9-10-29(36)33-13-11-32(12-14-33)28-18-24(4)30-25(19-26(39-6)20-27(30)40-7)21-34(28)31(37)35(32)15-16-38-5;1-3-2/h8-9,17-20,24H,1,10-16,21H2,2-7H3;3H2,1-2H3/b22-17-,23-9-;/t24-;/m0./s1. The van der Waals surface area contributed by atoms with Crippen LogP contribution in [0.3, 0.4) is 0 Å². The fraction of sp³-hybridized carbons (Fsp3) is 0.543. The maximum absolute atomic E-state index is 14.0. The molecule has 3 amide bonds. The lowest BCUT2D eigenvalue weighted by Crippen LogP contribution is -2.55. The Balaban J connectivity index is 0.00000162. The minimum Gasteiger partial charge on any atom is -0.497 e. The summed E-state index contributed by atoms with van der Waals surface area (Å²) in [5.74, 6) is 1.60. The van der Waals surface area contributed by atoms with Crippen LogP contribution in [0, 0.1) is 0 Å². The summed E-state index contributed by atoms with van der Waals surface area (Å²) in [7, 11) is 4.96. The van der Waals surface area contributed by atoms with Gasteiger partial charge >= 0.3 is 6.03 Å². The van der Waals surface area contributed by atoms with Gasteiger partial charge in [-0.15, -0.1) is 0 Å². The summed E-state index contributed by atoms with van der Waals surface area (Å²) >= 11 is 0. The quantitative estimate of drug-likeness (QED) is 0.294. The third-order valence-corrected chi connectivity index (χ3v) is 8.43. The predicted octanol–water partition coefficient (Wildman–Crippen LogP) is 6.84. The van der Waals surface area contributed by atoms with Crippen molar-refractivity contribution < 1.29 is 23.8 Å². The molecule has 2 saturated heterocycles. The zero-order chi connectivity index (χ0) is 31.7. The number of hydrogen-bond donors (Lipinski definition) is 0. The van der Waals surface area contributed by atoms with Crippen molar-refractivity contribution in [1.82, 2.24) is 14.7 Å². The van der Waals surface area contributed by atoms with Crippen molar-refractivity contribution in [2.75, 3.05) is 47.6 Å². The smallest absolute Gasteiger partial charge is 0.325 e. The third kappa shape index (κ3) is 7.35. The van der Waals surface area contributed by atoms with E-state index >= 15 is 0 Å². The molecule has 1 aromatic rings. The molecule has 43 heavy (non-hydrogen) atoms. The lowest BCUT2D eigenvalue weighted by Gasteiger charge is -2.44. The minimum atomic E-state index is -0.490. The summed E-state index contributed by atoms with van der Waals surface area (Å²) in [4.78, 5) is 33.0. The Kier molecular flexibility index (Phi) is 12.1. The van der Waals surface area contributed by atoms with E-state index in [9.17, 15) is 9.59 Å². The molecule has 3 aliphatic rings. The average Bonchev–Trinajstić information content (AvgIpc) is 3.10. The number of rotatable bonds is 9. The van der Waals surface area contributed by atoms with E-state index in [0.717, 1.165) is 33.7 Å². The molecule has 236 valence electrons. The van der Waals surface area contributed by atoms with E-state index in [2.05, 4.69) is 33.4 Å². The molecule has 0 radical (unpaired) electrons. The number of amides is 3. The Morgan fingerprint density at radius 3 is 2.35 bits per heavy atom. The second kappa shape index (κ2) is 15.3. The number of methoxy groups -OCH3 is 3. The third-order valence-electron chi connectivity index (χ3n) is 8.43. The average molecular weight is 594 g/mol. The second-order valence-corrected chi connectivity index (χ2v) is 11.6. The SMILES string of the molecule is C=C/C(C)=C\C(C)=C/CC(=O)N1CCC2(CC1)C1=C[C@H](C)c3c(cc(OC)cc3OC)CN1C(=O)N2CCOC.CCC. The molecule has 4 rings (SSSR count). The highest BCUT2D eigenvalue weighted by atomic mass is 16.5. The first kappa shape index (κ1) is 34.0. The highest BCUT2D eigenvalue weighted by Crippen LogP contribution is 2.49. The van der Waals surface area contributed by atoms with Crippen molar-refractivity contribution in [2.45, 2.75) is 78.3 Å². The lowest BCUT2D eigenvalue weighted by molar-refractivity contribution is -0.132. The van der Waals surface area contributed by atoms with Gasteiger partial charge in [0.2, 0.25) is 5.91 Å². The molecule has 1 atom stereocenters. The molecule has 0 N–H and O–H groups in total. The first-order valence-electron chi connectivity index (χ1n) is 15.4. The molecule has 0 aromatic heterocycles. The van der Waals surface area contributed by atoms with Crippen molar-refractivity contribution in [3.05, 3.63) is 71.0 Å². The molecule has 1 aromatic carbocycles. The Labute approximate surface area is 258 Å². The van der Waals surface area contributed by atoms with Crippen molar-refractivity contribution in [3.8, 4) is 11.5 Å². The molecule has 0 aliphatic carbocycles. The highest BCUT2D eigenvalue weighted by molar-refractivity contribution is 5.83. The van der Waals surface area contributed by atoms with Gasteiger partial charge in [-0.25, -0.2) is 4.79 Å². The first-order chi connectivity index (χ1) is 20.6. The molecule has 0 bridgehead atoms. The van der Waals surface area contributed by atoms with E-state index in [4.69, 9.17) is 14.2 Å². The van der Waals surface area contributed by atoms with Crippen LogP contribution in [0.1, 0.15) is 77.3 Å². The van der Waals surface area contributed by atoms with E-state index < -0.39 is 5.54 Å². The van der Waals surface area contributed by atoms with Gasteiger partial charge in [0.1, 0.15) is 11.5 Å². The van der Waals surface area contributed by atoms with Gasteiger partial charge in [0.15, 0.2) is 0 Å². The van der Waals surface area contributed by atoms with Crippen LogP contribution in [-0.4, -0.2) is 79.7 Å². The molecule has 1 spiro atoms. The number of fused-ring (bicyclic) bond motifs is 3. The number of ether oxygens (including phenoxy) is 3. The Hall–Kier alpha value is -3.52. The first-order valence-corrected chi connectivity index (χ1v) is 15.4. The van der Waals surface area contributed by atoms with Crippen molar-refractivity contribution in [3.63, 3.8) is 0 Å². The highest BCUT2D eigenvalue weighted by Gasteiger charge is 2.55. The van der Waals surface area contributed by atoms with Crippen molar-refractivity contribution >= 4 is 11.9 Å². The second-order valence-electron chi connectivity index (χ2n) is 11.6. The van der Waals surface area contributed by atoms with Crippen LogP contribution < -0.4 is 9.47 Å². The summed E-state index contributed by atoms with van der Waals surface area (Å²) in [6.07, 6.45) is 11.0. The van der Waals surface area contributed by atoms with Crippen molar-refractivity contribution in [1.29, 1.82) is 0 Å². The summed E-state index contributed by atoms with van der Waals surface area (Å²) in [6, 6.07) is 3.89. The van der Waals surface area contributed by atoms with Gasteiger partial charge in [-0.3, -0.25) is 9.69 Å². The number of carbonyl (C=O) groups excluding carboxylic acids is 2. The molecule has 8 heteroatoms. The largest absolute Gasteiger partial charge is 0.497 e. The van der Waals surface area contributed by atoms with Gasteiger partial charge in [0.25, 0.3) is 0 Å². The lowest BCUT2D eigenvalue weighted by atomic mass is 9.82. The van der Waals surface area contributed by atoms with Gasteiger partial charge in [-0.2, -0.15) is 0 Å². The Bertz CT molecular complexity index is 1260. The number of hydrogen-bond acceptors (Lipinski definition) is 5. The van der Waals surface area contributed by atoms with E-state index in [1.807, 2.05) is 52.8 Å². The van der Waals surface area contributed by atoms with Crippen molar-refractivity contribution in [2.24, 2.45) is 0 Å². The zero-order valence-electron chi connectivity index (χ0n) is 27.5. The van der Waals surface area contributed by atoms with Gasteiger partial charge in [0.05, 0.1) is 32.9 Å². The van der Waals surface area contributed by atoms with E-state index in [0.29, 0.717) is 57.8 Å². The Morgan fingerprint density at radius 2 is 1.77 bits per heavy atom. The van der Waals surface area contributed by atoms with Gasteiger partial charge in [0, 0.05) is 56.4 Å². The Morgan fingerprint density at radius 1 is 1.09 bits per heavy atom. The van der Waals surface area contributed by atoms with Crippen LogP contribution in [0.5, 0.6) is 11.5 Å². The van der Waals surface area contributed by atoms with Crippen LogP contribution in [0.25, 0.3) is 0 Å². The molecule has 3 heterocycles. The zero-order valence-corrected chi connectivity index (χ0v) is 27.5. The number of carbonyl (C=O) groups is 2. The van der Waals surface area contributed by atoms with Crippen LogP contribution >= 0.6 is 0 Å². The molecule has 0 saturated carbocycles. The van der Waals surface area contributed by atoms with E-state index in [-0.39, 0.29) is 17.9 Å². The van der Waals surface area contributed by atoms with Gasteiger partial charge in [-0.05, 0) is 38.3 Å². The molecule has 2 fully saturated rings. The summed E-state index contributed by atoms with van der Waals surface area (Å²) in [5.41, 5.74) is 4.74. The number of nitrogens with zero attached hydrogens (tertiary/aromatic N) is 3. The van der Waals surface area contributed by atoms with E-state index in [1.165, 1.54) is 6.42 Å². The van der Waals surface area contributed by atoms with Crippen LogP contribution in [0.15, 0.2) is 59.9 Å². The van der Waals surface area contributed by atoms with Crippen LogP contribution in [0.4, 0.5) is 4.79 Å². The predicted molar refractivity (Wildman–Crippen MR) is 172 cm³/mol. The molecular weight excluding hydrogens is 542 g/mol. The monoisotopic (exact) mass is 593 g/mol. The van der Waals surface area contributed by atoms with Gasteiger partial charge in [-0.1, -0.05) is 69.2 Å². The van der Waals surface area contributed by atoms with Crippen LogP contribution in [0.2, 0.25) is 0 Å². The number of benzene rings is 1. The molecular formula is C35H51N3O5. The summed E-state index contributed by atoms with van der Waals surface area (Å²) in [5, 5.41) is 0. The topological polar surface area (TPSA) is 71.6 Å². The molecule has 8 nitrogen and oxygen atoms in total. The number of allylic oxidation sites excluding steroid dienone is 5. The molecule has 0 unspecified atom stereocenters. The van der Waals surface area contributed by atoms with E-state index in [1.54, 1.807) is 27.4 Å². The number of likely N-dealkylation sites (tertiary alicyclic amines) is 1. The van der Waals surface area contributed by atoms with Crippen LogP contribution in [-0.2, 0) is 16.1 Å². The maximum Gasteiger partial charge on any atom is 0.325 e. The maximum atomic E-state index is 14.0.